The fourth-order valence-electron chi connectivity index (χ4n) is 4.85. The Balaban J connectivity index is 1.53. The smallest absolute Gasteiger partial charge is 0.335 e. The van der Waals surface area contributed by atoms with E-state index in [0.29, 0.717) is 28.9 Å². The van der Waals surface area contributed by atoms with E-state index < -0.39 is 73.6 Å². The molecule has 3 N–H and O–H groups in total. The highest BCUT2D eigenvalue weighted by molar-refractivity contribution is 7.92. The van der Waals surface area contributed by atoms with Crippen LogP contribution in [0.25, 0.3) is 5.69 Å². The van der Waals surface area contributed by atoms with Crippen LogP contribution in [0.15, 0.2) is 81.3 Å². The van der Waals surface area contributed by atoms with E-state index in [1.54, 1.807) is 41.5 Å². The molecule has 0 aliphatic heterocycles. The van der Waals surface area contributed by atoms with Crippen LogP contribution in [-0.2, 0) is 37.8 Å². The second kappa shape index (κ2) is 15.3. The predicted molar refractivity (Wildman–Crippen MR) is 190 cm³/mol. The molecule has 4 rings (SSSR count). The van der Waals surface area contributed by atoms with Gasteiger partial charge < -0.3 is 19.9 Å². The maximum atomic E-state index is 15.3. The summed E-state index contributed by atoms with van der Waals surface area (Å²) in [6.45, 7) is 9.85. The molecule has 0 bridgehead atoms. The van der Waals surface area contributed by atoms with Crippen molar-refractivity contribution in [2.75, 3.05) is 10.0 Å². The number of aryl methyl sites for hydroxylation is 2. The molecule has 2 amide bonds. The molecule has 0 spiro atoms. The van der Waals surface area contributed by atoms with Crippen molar-refractivity contribution in [2.45, 2.75) is 65.0 Å². The summed E-state index contributed by atoms with van der Waals surface area (Å²) in [5.41, 5.74) is -1.97. The van der Waals surface area contributed by atoms with Crippen LogP contribution in [0.4, 0.5) is 20.2 Å². The molecule has 1 heterocycles. The molecule has 4 aromatic rings. The molecule has 3 aromatic carbocycles. The number of benzene rings is 3. The van der Waals surface area contributed by atoms with Crippen molar-refractivity contribution in [1.82, 2.24) is 14.5 Å². The molecular formula is C36H39F2N5O8S. The number of halogens is 2. The highest BCUT2D eigenvalue weighted by atomic mass is 32.2. The SMILES string of the molecule is Cc1cn(C)c(=O)n(-c2ccc(C[C@H](NC(=O)c3cc(F)c(NS(=O)(=O)c4ccc(NC(=O)C(C)(C)C)cc4)cc3F)C(=O)OC(C)C)cc2)c1=O. The molecule has 52 heavy (non-hydrogen) atoms. The van der Waals surface area contributed by atoms with Crippen LogP contribution in [0.2, 0.25) is 0 Å². The second-order valence-corrected chi connectivity index (χ2v) is 15.1. The van der Waals surface area contributed by atoms with Crippen molar-refractivity contribution in [3.05, 3.63) is 116 Å². The lowest BCUT2D eigenvalue weighted by atomic mass is 9.95. The Bertz CT molecular complexity index is 2210. The zero-order valence-electron chi connectivity index (χ0n) is 29.5. The van der Waals surface area contributed by atoms with Crippen LogP contribution in [0.1, 0.15) is 56.1 Å². The first-order valence-corrected chi connectivity index (χ1v) is 17.5. The van der Waals surface area contributed by atoms with E-state index in [4.69, 9.17) is 4.74 Å². The lowest BCUT2D eigenvalue weighted by Crippen LogP contribution is -2.44. The molecule has 13 nitrogen and oxygen atoms in total. The number of rotatable bonds is 11. The standard InChI is InChI=1S/C36H39F2N5O8S/c1-20(2)51-33(46)30(16-22-8-12-24(13-9-22)43-32(45)21(3)19-42(7)35(43)48)40-31(44)26-17-28(38)29(18-27(26)37)41-52(49,50)25-14-10-23(11-15-25)39-34(47)36(4,5)6/h8-15,17-20,30,41H,16H2,1-7H3,(H,39,47)(H,40,44)/t30-/m0/s1. The fourth-order valence-corrected chi connectivity index (χ4v) is 5.91. The molecule has 0 fully saturated rings. The van der Waals surface area contributed by atoms with Gasteiger partial charge in [0.05, 0.1) is 27.9 Å². The Morgan fingerprint density at radius 2 is 1.54 bits per heavy atom. The number of esters is 1. The van der Waals surface area contributed by atoms with Crippen molar-refractivity contribution in [2.24, 2.45) is 12.5 Å². The third kappa shape index (κ3) is 9.17. The van der Waals surface area contributed by atoms with Crippen LogP contribution in [0, 0.1) is 24.0 Å². The van der Waals surface area contributed by atoms with Crippen molar-refractivity contribution in [3.8, 4) is 5.69 Å². The van der Waals surface area contributed by atoms with Gasteiger partial charge in [0.2, 0.25) is 5.91 Å². The van der Waals surface area contributed by atoms with Crippen LogP contribution >= 0.6 is 0 Å². The molecule has 0 aliphatic carbocycles. The topological polar surface area (TPSA) is 175 Å². The Labute approximate surface area is 298 Å². The van der Waals surface area contributed by atoms with Gasteiger partial charge in [-0.25, -0.2) is 31.4 Å². The van der Waals surface area contributed by atoms with Gasteiger partial charge in [-0.2, -0.15) is 0 Å². The molecule has 1 atom stereocenters. The number of amides is 2. The highest BCUT2D eigenvalue weighted by Crippen LogP contribution is 2.25. The zero-order chi connectivity index (χ0) is 38.7. The normalized spacial score (nSPS) is 12.3. The molecule has 1 aromatic heterocycles. The van der Waals surface area contributed by atoms with E-state index in [9.17, 15) is 32.4 Å². The molecule has 0 aliphatic rings. The minimum Gasteiger partial charge on any atom is -0.461 e. The lowest BCUT2D eigenvalue weighted by molar-refractivity contribution is -0.149. The first-order valence-electron chi connectivity index (χ1n) is 16.0. The molecule has 0 saturated carbocycles. The number of aromatic nitrogens is 2. The van der Waals surface area contributed by atoms with Gasteiger partial charge in [-0.05, 0) is 68.8 Å². The van der Waals surface area contributed by atoms with Crippen molar-refractivity contribution < 1.29 is 36.3 Å². The summed E-state index contributed by atoms with van der Waals surface area (Å²) >= 11 is 0. The first-order chi connectivity index (χ1) is 24.2. The quantitative estimate of drug-likeness (QED) is 0.192. The molecule has 0 saturated heterocycles. The number of ether oxygens (including phenoxy) is 1. The van der Waals surface area contributed by atoms with Crippen LogP contribution in [-0.4, -0.2) is 47.5 Å². The molecular weight excluding hydrogens is 700 g/mol. The van der Waals surface area contributed by atoms with E-state index in [1.807, 2.05) is 4.72 Å². The Kier molecular flexibility index (Phi) is 11.5. The Morgan fingerprint density at radius 3 is 2.12 bits per heavy atom. The van der Waals surface area contributed by atoms with Crippen molar-refractivity contribution in [1.29, 1.82) is 0 Å². The van der Waals surface area contributed by atoms with Gasteiger partial charge in [-0.15, -0.1) is 0 Å². The van der Waals surface area contributed by atoms with Crippen LogP contribution < -0.4 is 26.6 Å². The largest absolute Gasteiger partial charge is 0.461 e. The van der Waals surface area contributed by atoms with Gasteiger partial charge in [-0.1, -0.05) is 32.9 Å². The number of nitrogens with zero attached hydrogens (tertiary/aromatic N) is 2. The van der Waals surface area contributed by atoms with E-state index in [1.165, 1.54) is 66.3 Å². The van der Waals surface area contributed by atoms with Gasteiger partial charge in [0.25, 0.3) is 21.5 Å². The number of carbonyl (C=O) groups excluding carboxylic acids is 3. The average Bonchev–Trinajstić information content (AvgIpc) is 3.05. The summed E-state index contributed by atoms with van der Waals surface area (Å²) in [7, 11) is -2.93. The predicted octanol–water partition coefficient (Wildman–Crippen LogP) is 4.20. The summed E-state index contributed by atoms with van der Waals surface area (Å²) in [6.07, 6.45) is 0.666. The first kappa shape index (κ1) is 39.2. The van der Waals surface area contributed by atoms with E-state index in [-0.39, 0.29) is 22.9 Å². The lowest BCUT2D eigenvalue weighted by Gasteiger charge is -2.20. The van der Waals surface area contributed by atoms with Crippen LogP contribution in [0.3, 0.4) is 0 Å². The maximum absolute atomic E-state index is 15.3. The van der Waals surface area contributed by atoms with Gasteiger partial charge in [0, 0.05) is 42.4 Å². The number of nitrogens with one attached hydrogen (secondary N) is 3. The van der Waals surface area contributed by atoms with Gasteiger partial charge in [0.15, 0.2) is 0 Å². The average molecular weight is 740 g/mol. The number of hydrogen-bond donors (Lipinski definition) is 3. The minimum atomic E-state index is -4.43. The third-order valence-corrected chi connectivity index (χ3v) is 9.03. The second-order valence-electron chi connectivity index (χ2n) is 13.4. The summed E-state index contributed by atoms with van der Waals surface area (Å²) in [5.74, 6) is -4.92. The summed E-state index contributed by atoms with van der Waals surface area (Å²) in [6, 6.07) is 10.7. The maximum Gasteiger partial charge on any atom is 0.335 e. The van der Waals surface area contributed by atoms with Gasteiger partial charge in [0.1, 0.15) is 17.7 Å². The Morgan fingerprint density at radius 1 is 0.923 bits per heavy atom. The van der Waals surface area contributed by atoms with Crippen molar-refractivity contribution >= 4 is 39.2 Å². The third-order valence-electron chi connectivity index (χ3n) is 7.65. The zero-order valence-corrected chi connectivity index (χ0v) is 30.4. The summed E-state index contributed by atoms with van der Waals surface area (Å²) < 4.78 is 65.9. The minimum absolute atomic E-state index is 0.168. The molecule has 276 valence electrons. The highest BCUT2D eigenvalue weighted by Gasteiger charge is 2.28. The summed E-state index contributed by atoms with van der Waals surface area (Å²) in [4.78, 5) is 63.4. The van der Waals surface area contributed by atoms with E-state index in [2.05, 4.69) is 10.6 Å². The molecule has 0 radical (unpaired) electrons. The number of carbonyl (C=O) groups is 3. The number of sulfonamides is 1. The number of anilines is 2. The van der Waals surface area contributed by atoms with Gasteiger partial charge in [-0.3, -0.25) is 19.1 Å². The molecule has 0 unspecified atom stereocenters. The fraction of sp³-hybridized carbons (Fsp3) is 0.306. The Hall–Kier alpha value is -5.64. The van der Waals surface area contributed by atoms with Crippen LogP contribution in [0.5, 0.6) is 0 Å². The summed E-state index contributed by atoms with van der Waals surface area (Å²) in [5, 5.41) is 5.01. The van der Waals surface area contributed by atoms with Crippen molar-refractivity contribution in [3.63, 3.8) is 0 Å². The number of hydrogen-bond acceptors (Lipinski definition) is 8. The monoisotopic (exact) mass is 739 g/mol. The van der Waals surface area contributed by atoms with E-state index in [0.717, 1.165) is 4.57 Å². The molecule has 16 heteroatoms. The van der Waals surface area contributed by atoms with E-state index >= 15 is 8.78 Å². The van der Waals surface area contributed by atoms with Gasteiger partial charge >= 0.3 is 11.7 Å².